The summed E-state index contributed by atoms with van der Waals surface area (Å²) in [5.74, 6) is 0. The molecule has 0 fully saturated rings. The lowest BCUT2D eigenvalue weighted by Gasteiger charge is -2.07. The lowest BCUT2D eigenvalue weighted by molar-refractivity contribution is 0.630. The van der Waals surface area contributed by atoms with Crippen LogP contribution in [-0.2, 0) is 7.05 Å². The fraction of sp³-hybridized carbons (Fsp3) is 0.158. The third-order valence-electron chi connectivity index (χ3n) is 4.20. The van der Waals surface area contributed by atoms with Crippen molar-refractivity contribution in [1.29, 1.82) is 0 Å². The first-order valence-electron chi connectivity index (χ1n) is 8.34. The zero-order valence-corrected chi connectivity index (χ0v) is 16.1. The number of nitrogens with one attached hydrogen (secondary N) is 2. The Hall–Kier alpha value is -3.26. The summed E-state index contributed by atoms with van der Waals surface area (Å²) in [5, 5.41) is 7.44. The molecular weight excluding hydrogens is 360 g/mol. The van der Waals surface area contributed by atoms with E-state index in [2.05, 4.69) is 20.8 Å². The monoisotopic (exact) mass is 380 g/mol. The van der Waals surface area contributed by atoms with Gasteiger partial charge in [-0.15, -0.1) is 0 Å². The van der Waals surface area contributed by atoms with E-state index in [1.54, 1.807) is 21.8 Å². The van der Waals surface area contributed by atoms with Gasteiger partial charge in [-0.25, -0.2) is 4.68 Å². The molecule has 0 radical (unpaired) electrons. The molecule has 3 aromatic rings. The minimum Gasteiger partial charge on any atom is -0.325 e. The number of aromatic nitrogens is 3. The molecule has 2 aromatic heterocycles. The van der Waals surface area contributed by atoms with Gasteiger partial charge in [-0.1, -0.05) is 24.3 Å². The Labute approximate surface area is 162 Å². The van der Waals surface area contributed by atoms with Gasteiger partial charge in [0.15, 0.2) is 5.11 Å². The number of pyridine rings is 1. The number of anilines is 1. The highest BCUT2D eigenvalue weighted by Crippen LogP contribution is 2.13. The normalized spacial score (nSPS) is 11.3. The summed E-state index contributed by atoms with van der Waals surface area (Å²) in [6.45, 7) is 3.71. The van der Waals surface area contributed by atoms with Crippen LogP contribution in [0.15, 0.2) is 64.8 Å². The van der Waals surface area contributed by atoms with Crippen LogP contribution in [0.25, 0.3) is 5.69 Å². The van der Waals surface area contributed by atoms with Crippen LogP contribution < -0.4 is 16.3 Å². The van der Waals surface area contributed by atoms with Gasteiger partial charge in [0.25, 0.3) is 5.56 Å². The van der Waals surface area contributed by atoms with Crippen molar-refractivity contribution >= 4 is 28.7 Å². The Morgan fingerprint density at radius 2 is 1.93 bits per heavy atom. The molecule has 7 nitrogen and oxygen atoms in total. The van der Waals surface area contributed by atoms with Crippen molar-refractivity contribution in [2.75, 3.05) is 5.32 Å². The Kier molecular flexibility index (Phi) is 5.46. The van der Waals surface area contributed by atoms with E-state index in [-0.39, 0.29) is 10.7 Å². The van der Waals surface area contributed by atoms with Gasteiger partial charge in [-0.3, -0.25) is 19.9 Å². The zero-order chi connectivity index (χ0) is 19.4. The summed E-state index contributed by atoms with van der Waals surface area (Å²) in [6.07, 6.45) is 3.42. The van der Waals surface area contributed by atoms with Crippen LogP contribution in [0, 0.1) is 6.92 Å². The van der Waals surface area contributed by atoms with E-state index in [1.165, 1.54) is 0 Å². The van der Waals surface area contributed by atoms with Crippen molar-refractivity contribution in [1.82, 2.24) is 19.8 Å². The SMILES string of the molecule is C/C(=N\NC(=S)Nc1c(C)n(C)n(-c2ccccc2)c1=O)c1cccnc1. The molecule has 138 valence electrons. The molecule has 0 aliphatic heterocycles. The van der Waals surface area contributed by atoms with Crippen LogP contribution in [0.5, 0.6) is 0 Å². The van der Waals surface area contributed by atoms with E-state index >= 15 is 0 Å². The second-order valence-corrected chi connectivity index (χ2v) is 6.35. The third kappa shape index (κ3) is 3.95. The molecule has 3 rings (SSSR count). The maximum absolute atomic E-state index is 12.9. The molecule has 8 heteroatoms. The number of hydrazone groups is 1. The first-order chi connectivity index (χ1) is 13.0. The van der Waals surface area contributed by atoms with Gasteiger partial charge < -0.3 is 5.32 Å². The van der Waals surface area contributed by atoms with E-state index in [0.717, 1.165) is 22.7 Å². The molecule has 0 saturated heterocycles. The lowest BCUT2D eigenvalue weighted by Crippen LogP contribution is -2.28. The number of thiocarbonyl (C=S) groups is 1. The number of rotatable bonds is 4. The predicted octanol–water partition coefficient (Wildman–Crippen LogP) is 2.59. The quantitative estimate of drug-likeness (QED) is 0.413. The van der Waals surface area contributed by atoms with Crippen LogP contribution in [0.1, 0.15) is 18.2 Å². The van der Waals surface area contributed by atoms with Crippen LogP contribution in [-0.4, -0.2) is 25.2 Å². The molecule has 0 bridgehead atoms. The Morgan fingerprint density at radius 1 is 1.19 bits per heavy atom. The van der Waals surface area contributed by atoms with Gasteiger partial charge in [-0.2, -0.15) is 5.10 Å². The summed E-state index contributed by atoms with van der Waals surface area (Å²) < 4.78 is 3.37. The van der Waals surface area contributed by atoms with Gasteiger partial charge in [0.2, 0.25) is 0 Å². The van der Waals surface area contributed by atoms with Crippen molar-refractivity contribution in [3.63, 3.8) is 0 Å². The maximum Gasteiger partial charge on any atom is 0.295 e. The highest BCUT2D eigenvalue weighted by Gasteiger charge is 2.16. The molecule has 0 amide bonds. The molecule has 1 aromatic carbocycles. The van der Waals surface area contributed by atoms with Crippen LogP contribution in [0.2, 0.25) is 0 Å². The second kappa shape index (κ2) is 7.96. The standard InChI is InChI=1S/C19H20N6OS/c1-13(15-8-7-11-20-12-15)22-23-19(27)21-17-14(2)24(3)25(18(17)26)16-9-5-4-6-10-16/h4-12H,1-3H3,(H2,21,23,27)/b22-13+. The van der Waals surface area contributed by atoms with Crippen molar-refractivity contribution in [3.8, 4) is 5.69 Å². The van der Waals surface area contributed by atoms with Crippen LogP contribution in [0.4, 0.5) is 5.69 Å². The fourth-order valence-electron chi connectivity index (χ4n) is 2.63. The summed E-state index contributed by atoms with van der Waals surface area (Å²) in [5.41, 5.74) is 6.17. The highest BCUT2D eigenvalue weighted by molar-refractivity contribution is 7.80. The summed E-state index contributed by atoms with van der Waals surface area (Å²) in [7, 11) is 1.83. The number of hydrogen-bond acceptors (Lipinski definition) is 4. The van der Waals surface area contributed by atoms with Gasteiger partial charge in [0, 0.05) is 25.0 Å². The number of benzene rings is 1. The van der Waals surface area contributed by atoms with Crippen molar-refractivity contribution in [3.05, 3.63) is 76.5 Å². The Balaban J connectivity index is 1.80. The average Bonchev–Trinajstić information content (AvgIpc) is 2.90. The first-order valence-corrected chi connectivity index (χ1v) is 8.75. The van der Waals surface area contributed by atoms with Gasteiger partial charge in [-0.05, 0) is 44.3 Å². The van der Waals surface area contributed by atoms with E-state index in [9.17, 15) is 4.79 Å². The molecule has 2 N–H and O–H groups in total. The summed E-state index contributed by atoms with van der Waals surface area (Å²) >= 11 is 5.29. The molecular formula is C19H20N6OS. The second-order valence-electron chi connectivity index (χ2n) is 5.94. The van der Waals surface area contributed by atoms with Crippen molar-refractivity contribution in [2.24, 2.45) is 12.1 Å². The average molecular weight is 380 g/mol. The predicted molar refractivity (Wildman–Crippen MR) is 112 cm³/mol. The maximum atomic E-state index is 12.9. The first kappa shape index (κ1) is 18.5. The minimum atomic E-state index is -0.182. The van der Waals surface area contributed by atoms with Gasteiger partial charge >= 0.3 is 0 Å². The Bertz CT molecular complexity index is 1040. The van der Waals surface area contributed by atoms with Crippen molar-refractivity contribution in [2.45, 2.75) is 13.8 Å². The van der Waals surface area contributed by atoms with Crippen LogP contribution >= 0.6 is 12.2 Å². The molecule has 0 aliphatic carbocycles. The fourth-order valence-corrected chi connectivity index (χ4v) is 2.78. The van der Waals surface area contributed by atoms with E-state index in [0.29, 0.717) is 5.69 Å². The molecule has 0 unspecified atom stereocenters. The molecule has 27 heavy (non-hydrogen) atoms. The van der Waals surface area contributed by atoms with Crippen LogP contribution in [0.3, 0.4) is 0 Å². The molecule has 2 heterocycles. The smallest absolute Gasteiger partial charge is 0.295 e. The lowest BCUT2D eigenvalue weighted by atomic mass is 10.2. The molecule has 0 saturated carbocycles. The number of nitrogens with zero attached hydrogens (tertiary/aromatic N) is 4. The van der Waals surface area contributed by atoms with E-state index in [1.807, 2.05) is 63.4 Å². The third-order valence-corrected chi connectivity index (χ3v) is 4.39. The number of para-hydroxylation sites is 1. The zero-order valence-electron chi connectivity index (χ0n) is 15.3. The van der Waals surface area contributed by atoms with Gasteiger partial charge in [0.1, 0.15) is 5.69 Å². The topological polar surface area (TPSA) is 76.2 Å². The minimum absolute atomic E-state index is 0.182. The summed E-state index contributed by atoms with van der Waals surface area (Å²) in [6, 6.07) is 13.2. The molecule has 0 spiro atoms. The highest BCUT2D eigenvalue weighted by atomic mass is 32.1. The van der Waals surface area contributed by atoms with Gasteiger partial charge in [0.05, 0.1) is 17.1 Å². The van der Waals surface area contributed by atoms with E-state index in [4.69, 9.17) is 12.2 Å². The number of hydrogen-bond donors (Lipinski definition) is 2. The largest absolute Gasteiger partial charge is 0.325 e. The van der Waals surface area contributed by atoms with Crippen molar-refractivity contribution < 1.29 is 0 Å². The molecule has 0 aliphatic rings. The van der Waals surface area contributed by atoms with E-state index < -0.39 is 0 Å². The Morgan fingerprint density at radius 3 is 2.59 bits per heavy atom. The summed E-state index contributed by atoms with van der Waals surface area (Å²) in [4.78, 5) is 16.9. The molecule has 0 atom stereocenters.